The summed E-state index contributed by atoms with van der Waals surface area (Å²) in [6, 6.07) is 0. The van der Waals surface area contributed by atoms with Crippen LogP contribution in [0.25, 0.3) is 0 Å². The predicted molar refractivity (Wildman–Crippen MR) is 11.5 cm³/mol. The largest absolute Gasteiger partial charge is 0 e. The topological polar surface area (TPSA) is 0 Å². The van der Waals surface area contributed by atoms with Crippen molar-refractivity contribution in [1.29, 1.82) is 0 Å². The van der Waals surface area contributed by atoms with Crippen molar-refractivity contribution in [3.63, 3.8) is 0 Å². The first-order valence-corrected chi connectivity index (χ1v) is 0. The Morgan fingerprint density at radius 2 is 1.00 bits per heavy atom. The Morgan fingerprint density at radius 3 is 1.00 bits per heavy atom. The van der Waals surface area contributed by atoms with Gasteiger partial charge in [0.1, 0.15) is 0 Å². The minimum Gasteiger partial charge on any atom is 0 e. The Balaban J connectivity index is 0. The summed E-state index contributed by atoms with van der Waals surface area (Å²) in [5, 5.41) is 0. The third-order valence-corrected chi connectivity index (χ3v) is 0. The summed E-state index contributed by atoms with van der Waals surface area (Å²) in [6.45, 7) is 0. The Kier molecular flexibility index (Phi) is 250. The molecule has 5 heavy (non-hydrogen) atoms. The molecule has 0 unspecified atom stereocenters. The zero-order valence-corrected chi connectivity index (χ0v) is 10.4. The van der Waals surface area contributed by atoms with Crippen molar-refractivity contribution in [2.45, 2.75) is 0 Å². The fourth-order valence-electron chi connectivity index (χ4n) is 0. The monoisotopic (exact) mass is 230 g/mol. The van der Waals surface area contributed by atoms with E-state index in [4.69, 9.17) is 0 Å². The van der Waals surface area contributed by atoms with Crippen molar-refractivity contribution in [3.8, 4) is 0 Å². The zero-order valence-electron chi connectivity index (χ0n) is 2.68. The van der Waals surface area contributed by atoms with Gasteiger partial charge in [0.15, 0.2) is 0 Å². The van der Waals surface area contributed by atoms with Crippen LogP contribution in [0.5, 0.6) is 0 Å². The van der Waals surface area contributed by atoms with Gasteiger partial charge in [0.25, 0.3) is 0 Å². The van der Waals surface area contributed by atoms with E-state index in [1.165, 1.54) is 0 Å². The molecule has 0 aliphatic heterocycles. The van der Waals surface area contributed by atoms with Crippen LogP contribution in [0.4, 0.5) is 0 Å². The molecule has 0 N–H and O–H groups in total. The van der Waals surface area contributed by atoms with Crippen molar-refractivity contribution in [1.82, 2.24) is 0 Å². The second-order valence-corrected chi connectivity index (χ2v) is 0. The standard InChI is InChI=1S/Al.Co.Fe.Mg.Zn. The Hall–Kier alpha value is 2.95. The van der Waals surface area contributed by atoms with Gasteiger partial charge in [-0.05, 0) is 0 Å². The molecule has 6 radical (unpaired) electrons. The molecule has 0 aromatic carbocycles. The van der Waals surface area contributed by atoms with Crippen molar-refractivity contribution >= 4 is 40.4 Å². The zero-order chi connectivity index (χ0) is 0. The summed E-state index contributed by atoms with van der Waals surface area (Å²) in [5.74, 6) is 0. The Bertz CT molecular complexity index is 11.6. The number of hydrogen-bond acceptors (Lipinski definition) is 0. The smallest absolute Gasteiger partial charge is 0 e. The van der Waals surface area contributed by atoms with Crippen LogP contribution in [-0.4, -0.2) is 40.4 Å². The van der Waals surface area contributed by atoms with Gasteiger partial charge >= 0.3 is 0 Å². The summed E-state index contributed by atoms with van der Waals surface area (Å²) < 4.78 is 0. The fourth-order valence-corrected chi connectivity index (χ4v) is 0. The molecule has 0 fully saturated rings. The average molecular weight is 231 g/mol. The summed E-state index contributed by atoms with van der Waals surface area (Å²) in [7, 11) is 0. The molecular weight excluding hydrogens is 231 g/mol. The first-order valence-electron chi connectivity index (χ1n) is 0. The van der Waals surface area contributed by atoms with Crippen LogP contribution in [-0.2, 0) is 53.3 Å². The van der Waals surface area contributed by atoms with Gasteiger partial charge in [-0.3, -0.25) is 0 Å². The SMILES string of the molecule is [Al].[Co].[Fe].[Mg].[Zn]. The Labute approximate surface area is 92.3 Å². The first kappa shape index (κ1) is 44.1. The van der Waals surface area contributed by atoms with E-state index < -0.39 is 0 Å². The van der Waals surface area contributed by atoms with E-state index in [1.807, 2.05) is 0 Å². The average Bonchev–Trinajstić information content (AvgIpc) is 0. The van der Waals surface area contributed by atoms with E-state index in [2.05, 4.69) is 0 Å². The van der Waals surface area contributed by atoms with Gasteiger partial charge in [0.2, 0.25) is 0 Å². The van der Waals surface area contributed by atoms with E-state index in [-0.39, 0.29) is 93.7 Å². The maximum atomic E-state index is 0. The maximum Gasteiger partial charge on any atom is 0 e. The molecule has 24 valence electrons. The second kappa shape index (κ2) is 28.3. The summed E-state index contributed by atoms with van der Waals surface area (Å²) in [6.07, 6.45) is 0. The van der Waals surface area contributed by atoms with Crippen LogP contribution < -0.4 is 0 Å². The first-order chi connectivity index (χ1) is 0. The van der Waals surface area contributed by atoms with Gasteiger partial charge in [0.05, 0.1) is 0 Å². The van der Waals surface area contributed by atoms with Crippen LogP contribution in [0.1, 0.15) is 0 Å². The molecule has 0 aliphatic rings. The Morgan fingerprint density at radius 1 is 1.00 bits per heavy atom. The summed E-state index contributed by atoms with van der Waals surface area (Å²) >= 11 is 0. The summed E-state index contributed by atoms with van der Waals surface area (Å²) in [5.41, 5.74) is 0. The third-order valence-electron chi connectivity index (χ3n) is 0. The molecule has 0 rings (SSSR count). The molecule has 0 aliphatic carbocycles. The van der Waals surface area contributed by atoms with E-state index in [0.29, 0.717) is 0 Å². The molecule has 0 atom stereocenters. The van der Waals surface area contributed by atoms with Gasteiger partial charge in [-0.25, -0.2) is 0 Å². The predicted octanol–water partition coefficient (Wildman–Crippen LogP) is -0.769. The van der Waals surface area contributed by atoms with Crippen molar-refractivity contribution < 1.29 is 53.3 Å². The van der Waals surface area contributed by atoms with Crippen LogP contribution in [0.15, 0.2) is 0 Å². The molecule has 0 saturated heterocycles. The molecule has 0 aromatic heterocycles. The van der Waals surface area contributed by atoms with Crippen molar-refractivity contribution in [2.24, 2.45) is 0 Å². The van der Waals surface area contributed by atoms with Gasteiger partial charge in [-0.15, -0.1) is 0 Å². The molecule has 0 heterocycles. The molecular formula is AlCoFeMgZn. The number of hydrogen-bond donors (Lipinski definition) is 0. The van der Waals surface area contributed by atoms with E-state index in [0.717, 1.165) is 0 Å². The quantitative estimate of drug-likeness (QED) is 0.481. The maximum absolute atomic E-state index is 0. The van der Waals surface area contributed by atoms with Gasteiger partial charge in [-0.2, -0.15) is 0 Å². The van der Waals surface area contributed by atoms with Gasteiger partial charge < -0.3 is 0 Å². The molecule has 0 saturated carbocycles. The molecule has 0 amide bonds. The van der Waals surface area contributed by atoms with Gasteiger partial charge in [-0.1, -0.05) is 0 Å². The molecule has 0 bridgehead atoms. The van der Waals surface area contributed by atoms with Gasteiger partial charge in [0, 0.05) is 93.7 Å². The van der Waals surface area contributed by atoms with Crippen molar-refractivity contribution in [2.75, 3.05) is 0 Å². The van der Waals surface area contributed by atoms with Crippen LogP contribution in [0.2, 0.25) is 0 Å². The third kappa shape index (κ3) is 19.6. The van der Waals surface area contributed by atoms with Crippen molar-refractivity contribution in [3.05, 3.63) is 0 Å². The van der Waals surface area contributed by atoms with Crippen LogP contribution in [0, 0.1) is 0 Å². The van der Waals surface area contributed by atoms with Crippen LogP contribution in [0.3, 0.4) is 0 Å². The van der Waals surface area contributed by atoms with Crippen LogP contribution >= 0.6 is 0 Å². The van der Waals surface area contributed by atoms with E-state index in [9.17, 15) is 0 Å². The minimum absolute atomic E-state index is 0. The minimum atomic E-state index is 0. The second-order valence-electron chi connectivity index (χ2n) is 0. The van der Waals surface area contributed by atoms with E-state index >= 15 is 0 Å². The fraction of sp³-hybridized carbons (Fsp3) is 0. The molecule has 0 aromatic rings. The molecule has 0 nitrogen and oxygen atoms in total. The van der Waals surface area contributed by atoms with E-state index in [1.54, 1.807) is 0 Å². The summed E-state index contributed by atoms with van der Waals surface area (Å²) in [4.78, 5) is 0. The molecule has 0 spiro atoms. The normalized spacial score (nSPS) is 0. The number of rotatable bonds is 0. The molecule has 5 heteroatoms.